The second kappa shape index (κ2) is 7.24. The van der Waals surface area contributed by atoms with Crippen LogP contribution >= 0.6 is 0 Å². The van der Waals surface area contributed by atoms with Crippen LogP contribution in [0, 0.1) is 0 Å². The summed E-state index contributed by atoms with van der Waals surface area (Å²) in [6, 6.07) is 13.5. The third kappa shape index (κ3) is 3.70. The van der Waals surface area contributed by atoms with Gasteiger partial charge in [-0.15, -0.1) is 0 Å². The summed E-state index contributed by atoms with van der Waals surface area (Å²) in [5.74, 6) is -1.45. The summed E-state index contributed by atoms with van der Waals surface area (Å²) in [5.41, 5.74) is 7.27. The molecule has 2 N–H and O–H groups in total. The molecule has 0 atom stereocenters. The van der Waals surface area contributed by atoms with Gasteiger partial charge in [-0.1, -0.05) is 42.5 Å². The Balaban J connectivity index is 0.00000200. The predicted molar refractivity (Wildman–Crippen MR) is 69.4 cm³/mol. The molecule has 2 aromatic rings. The number of hydrogen-bond donors (Lipinski definition) is 1. The Morgan fingerprint density at radius 3 is 2.25 bits per heavy atom. The molecule has 20 heavy (non-hydrogen) atoms. The van der Waals surface area contributed by atoms with Gasteiger partial charge in [-0.2, -0.15) is 0 Å². The van der Waals surface area contributed by atoms with Gasteiger partial charge in [-0.3, -0.25) is 4.79 Å². The first-order chi connectivity index (χ1) is 9.09. The number of benzene rings is 2. The Morgan fingerprint density at radius 2 is 1.65 bits per heavy atom. The second-order valence-electron chi connectivity index (χ2n) is 4.12. The van der Waals surface area contributed by atoms with E-state index in [1.54, 1.807) is 42.5 Å². The average Bonchev–Trinajstić information content (AvgIpc) is 2.41. The number of nitrogens with two attached hydrogens (primary N) is 1. The van der Waals surface area contributed by atoms with Gasteiger partial charge in [-0.25, -0.2) is 0 Å². The summed E-state index contributed by atoms with van der Waals surface area (Å²) in [7, 11) is 0. The number of ketones is 1. The summed E-state index contributed by atoms with van der Waals surface area (Å²) >= 11 is 0. The molecule has 4 nitrogen and oxygen atoms in total. The van der Waals surface area contributed by atoms with Crippen LogP contribution in [0.2, 0.25) is 0 Å². The van der Waals surface area contributed by atoms with Crippen molar-refractivity contribution in [2.75, 3.05) is 5.73 Å². The smallest absolute Gasteiger partial charge is 0.550 e. The first kappa shape index (κ1) is 16.4. The Morgan fingerprint density at radius 1 is 1.00 bits per heavy atom. The molecule has 0 aliphatic heterocycles. The van der Waals surface area contributed by atoms with Crippen molar-refractivity contribution >= 4 is 17.4 Å². The zero-order chi connectivity index (χ0) is 13.8. The van der Waals surface area contributed by atoms with Crippen molar-refractivity contribution in [1.29, 1.82) is 0 Å². The van der Waals surface area contributed by atoms with Gasteiger partial charge in [0.1, 0.15) is 0 Å². The van der Waals surface area contributed by atoms with E-state index in [0.717, 1.165) is 0 Å². The normalized spacial score (nSPS) is 9.60. The molecule has 0 unspecified atom stereocenters. The molecule has 0 saturated carbocycles. The molecule has 0 bridgehead atoms. The van der Waals surface area contributed by atoms with Crippen molar-refractivity contribution in [1.82, 2.24) is 0 Å². The molecular weight excluding hydrogens is 265 g/mol. The number of hydrogen-bond acceptors (Lipinski definition) is 4. The minimum atomic E-state index is -1.23. The summed E-state index contributed by atoms with van der Waals surface area (Å²) in [6.07, 6.45) is -0.304. The van der Waals surface area contributed by atoms with Crippen LogP contribution in [0.15, 0.2) is 48.5 Å². The first-order valence-electron chi connectivity index (χ1n) is 5.76. The minimum Gasteiger partial charge on any atom is -0.550 e. The minimum absolute atomic E-state index is 0. The largest absolute Gasteiger partial charge is 1.00 e. The zero-order valence-corrected chi connectivity index (χ0v) is 13.1. The molecule has 0 saturated heterocycles. The van der Waals surface area contributed by atoms with Crippen molar-refractivity contribution in [2.45, 2.75) is 6.42 Å². The molecule has 0 amide bonds. The number of carbonyl (C=O) groups is 2. The third-order valence-corrected chi connectivity index (χ3v) is 2.81. The van der Waals surface area contributed by atoms with Gasteiger partial charge in [0.15, 0.2) is 5.78 Å². The van der Waals surface area contributed by atoms with E-state index in [4.69, 9.17) is 5.73 Å². The molecule has 0 aromatic heterocycles. The van der Waals surface area contributed by atoms with Gasteiger partial charge in [0.2, 0.25) is 0 Å². The van der Waals surface area contributed by atoms with Crippen molar-refractivity contribution in [3.63, 3.8) is 0 Å². The quantitative estimate of drug-likeness (QED) is 0.390. The van der Waals surface area contributed by atoms with Crippen molar-refractivity contribution in [2.24, 2.45) is 0 Å². The van der Waals surface area contributed by atoms with Gasteiger partial charge in [0.05, 0.1) is 0 Å². The molecule has 5 heteroatoms. The van der Waals surface area contributed by atoms with E-state index in [-0.39, 0.29) is 47.4 Å². The van der Waals surface area contributed by atoms with E-state index in [9.17, 15) is 14.7 Å². The van der Waals surface area contributed by atoms with Crippen molar-refractivity contribution in [3.05, 3.63) is 65.2 Å². The number of nitrogen functional groups attached to an aromatic ring is 1. The monoisotopic (exact) mass is 277 g/mol. The van der Waals surface area contributed by atoms with Crippen LogP contribution in [0.25, 0.3) is 0 Å². The molecule has 0 spiro atoms. The van der Waals surface area contributed by atoms with E-state index in [1.807, 2.05) is 6.07 Å². The molecule has 0 fully saturated rings. The molecular formula is C15H12NNaO3. The summed E-state index contributed by atoms with van der Waals surface area (Å²) < 4.78 is 0. The first-order valence-corrected chi connectivity index (χ1v) is 5.76. The molecule has 0 radical (unpaired) electrons. The molecule has 2 rings (SSSR count). The Bertz CT molecular complexity index is 626. The molecule has 0 aliphatic rings. The SMILES string of the molecule is Nc1c(CC(=O)[O-])cccc1C(=O)c1ccccc1.[Na+]. The Kier molecular flexibility index (Phi) is 5.95. The molecule has 0 heterocycles. The van der Waals surface area contributed by atoms with Crippen LogP contribution in [0.4, 0.5) is 5.69 Å². The van der Waals surface area contributed by atoms with Crippen LogP contribution in [0.3, 0.4) is 0 Å². The van der Waals surface area contributed by atoms with Crippen molar-refractivity contribution < 1.29 is 44.3 Å². The fourth-order valence-electron chi connectivity index (χ4n) is 1.87. The van der Waals surface area contributed by atoms with Crippen LogP contribution < -0.4 is 40.4 Å². The van der Waals surface area contributed by atoms with E-state index >= 15 is 0 Å². The fraction of sp³-hybridized carbons (Fsp3) is 0.0667. The van der Waals surface area contributed by atoms with E-state index in [1.165, 1.54) is 0 Å². The number of carboxylic acids is 1. The predicted octanol–water partition coefficient (Wildman–Crippen LogP) is -2.20. The molecule has 96 valence electrons. The van der Waals surface area contributed by atoms with Crippen LogP contribution in [0.5, 0.6) is 0 Å². The van der Waals surface area contributed by atoms with Gasteiger partial charge in [-0.05, 0) is 11.6 Å². The van der Waals surface area contributed by atoms with Crippen LogP contribution in [0.1, 0.15) is 21.5 Å². The molecule has 0 aliphatic carbocycles. The summed E-state index contributed by atoms with van der Waals surface area (Å²) in [4.78, 5) is 22.9. The maximum absolute atomic E-state index is 12.3. The molecule has 2 aromatic carbocycles. The average molecular weight is 277 g/mol. The maximum Gasteiger partial charge on any atom is 1.00 e. The van der Waals surface area contributed by atoms with Gasteiger partial charge >= 0.3 is 29.6 Å². The zero-order valence-electron chi connectivity index (χ0n) is 11.1. The topological polar surface area (TPSA) is 83.2 Å². The Labute approximate surface area is 138 Å². The number of aliphatic carboxylic acids is 1. The number of carbonyl (C=O) groups excluding carboxylic acids is 2. The van der Waals surface area contributed by atoms with E-state index in [0.29, 0.717) is 16.7 Å². The standard InChI is InChI=1S/C15H13NO3.Na/c16-14-11(9-13(17)18)7-4-8-12(14)15(19)10-5-2-1-3-6-10;/h1-8H,9,16H2,(H,17,18);/q;+1/p-1. The van der Waals surface area contributed by atoms with Crippen LogP contribution in [-0.2, 0) is 11.2 Å². The van der Waals surface area contributed by atoms with Gasteiger partial charge in [0, 0.05) is 29.2 Å². The van der Waals surface area contributed by atoms with Gasteiger partial charge in [0.25, 0.3) is 0 Å². The van der Waals surface area contributed by atoms with Crippen molar-refractivity contribution in [3.8, 4) is 0 Å². The number of para-hydroxylation sites is 1. The Hall–Kier alpha value is -1.62. The van der Waals surface area contributed by atoms with E-state index < -0.39 is 5.97 Å². The van der Waals surface area contributed by atoms with Gasteiger partial charge < -0.3 is 15.6 Å². The van der Waals surface area contributed by atoms with Crippen LogP contribution in [-0.4, -0.2) is 11.8 Å². The third-order valence-electron chi connectivity index (χ3n) is 2.81. The summed E-state index contributed by atoms with van der Waals surface area (Å²) in [5, 5.41) is 10.6. The van der Waals surface area contributed by atoms with E-state index in [2.05, 4.69) is 0 Å². The number of rotatable bonds is 4. The summed E-state index contributed by atoms with van der Waals surface area (Å²) in [6.45, 7) is 0. The fourth-order valence-corrected chi connectivity index (χ4v) is 1.87. The maximum atomic E-state index is 12.3. The second-order valence-corrected chi connectivity index (χ2v) is 4.12. The number of anilines is 1. The number of carboxylic acid groups (broad SMARTS) is 1.